The van der Waals surface area contributed by atoms with Crippen molar-refractivity contribution in [2.75, 3.05) is 30.4 Å². The molecule has 0 atom stereocenters. The molecule has 3 aromatic heterocycles. The lowest BCUT2D eigenvalue weighted by Gasteiger charge is -2.62. The molecule has 12 heteroatoms. The first-order chi connectivity index (χ1) is 18.6. The van der Waals surface area contributed by atoms with Crippen molar-refractivity contribution in [1.29, 1.82) is 0 Å². The van der Waals surface area contributed by atoms with Crippen molar-refractivity contribution in [3.63, 3.8) is 0 Å². The molecule has 1 aliphatic heterocycles. The number of carbonyl (C=O) groups excluding carboxylic acids is 1. The minimum atomic E-state index is -2.80. The van der Waals surface area contributed by atoms with Crippen molar-refractivity contribution in [2.45, 2.75) is 44.6 Å². The van der Waals surface area contributed by atoms with Crippen LogP contribution in [0, 0.1) is 23.2 Å². The van der Waals surface area contributed by atoms with Gasteiger partial charge in [-0.05, 0) is 50.7 Å². The van der Waals surface area contributed by atoms with E-state index in [2.05, 4.69) is 42.2 Å². The summed E-state index contributed by atoms with van der Waals surface area (Å²) in [6, 6.07) is 2.94. The van der Waals surface area contributed by atoms with Crippen molar-refractivity contribution in [1.82, 2.24) is 20.2 Å². The average molecular weight is 553 g/mol. The monoisotopic (exact) mass is 552 g/mol. The van der Waals surface area contributed by atoms with Gasteiger partial charge < -0.3 is 14.7 Å². The Labute approximate surface area is 227 Å². The number of nitrogens with zero attached hydrogens (tertiary/aromatic N) is 5. The van der Waals surface area contributed by atoms with E-state index in [1.54, 1.807) is 6.07 Å². The lowest BCUT2D eigenvalue weighted by molar-refractivity contribution is -0.126. The van der Waals surface area contributed by atoms with Gasteiger partial charge in [-0.2, -0.15) is 0 Å². The first kappa shape index (κ1) is 25.6. The highest BCUT2D eigenvalue weighted by Crippen LogP contribution is 2.54. The Morgan fingerprint density at radius 1 is 1.21 bits per heavy atom. The summed E-state index contributed by atoms with van der Waals surface area (Å²) in [5, 5.41) is 21.7. The van der Waals surface area contributed by atoms with Crippen LogP contribution in [-0.4, -0.2) is 57.0 Å². The number of aromatic nitrogens is 4. The predicted molar refractivity (Wildman–Crippen MR) is 141 cm³/mol. The van der Waals surface area contributed by atoms with Gasteiger partial charge in [-0.1, -0.05) is 17.3 Å². The number of ether oxygens (including phenoxy) is 1. The molecule has 0 radical (unpaired) electrons. The Morgan fingerprint density at radius 2 is 1.97 bits per heavy atom. The number of rotatable bonds is 6. The number of carbonyl (C=O) groups is 1. The average Bonchev–Trinajstić information content (AvgIpc) is 3.61. The van der Waals surface area contributed by atoms with Crippen molar-refractivity contribution >= 4 is 28.2 Å². The quantitative estimate of drug-likeness (QED) is 0.435. The molecule has 2 N–H and O–H groups in total. The van der Waals surface area contributed by atoms with Gasteiger partial charge in [0.1, 0.15) is 17.3 Å². The van der Waals surface area contributed by atoms with E-state index in [-0.39, 0.29) is 21.9 Å². The molecule has 9 nitrogen and oxygen atoms in total. The highest BCUT2D eigenvalue weighted by molar-refractivity contribution is 7.15. The number of methoxy groups -OCH3 is 1. The summed E-state index contributed by atoms with van der Waals surface area (Å²) < 4.78 is 32.6. The van der Waals surface area contributed by atoms with Gasteiger partial charge >= 0.3 is 0 Å². The molecule has 2 saturated carbocycles. The number of amides is 1. The summed E-state index contributed by atoms with van der Waals surface area (Å²) >= 11 is 1.16. The summed E-state index contributed by atoms with van der Waals surface area (Å²) in [5.74, 6) is 6.83. The van der Waals surface area contributed by atoms with Gasteiger partial charge in [0.25, 0.3) is 12.3 Å². The maximum atomic E-state index is 13.6. The molecule has 39 heavy (non-hydrogen) atoms. The van der Waals surface area contributed by atoms with E-state index in [0.717, 1.165) is 24.2 Å². The van der Waals surface area contributed by atoms with Gasteiger partial charge in [0.05, 0.1) is 24.5 Å². The van der Waals surface area contributed by atoms with Crippen LogP contribution in [-0.2, 0) is 0 Å². The third-order valence-corrected chi connectivity index (χ3v) is 8.00. The maximum absolute atomic E-state index is 13.6. The van der Waals surface area contributed by atoms with Crippen molar-refractivity contribution in [3.05, 3.63) is 40.8 Å². The van der Waals surface area contributed by atoms with Gasteiger partial charge in [0.15, 0.2) is 5.01 Å². The molecule has 0 bridgehead atoms. The third-order valence-electron chi connectivity index (χ3n) is 7.25. The topological polar surface area (TPSA) is 113 Å². The SMILES string of the molecule is COc1cnc(C(F)F)cc1-c1cc(N2CC3(C2)CC(C)(O)C3)ncc1C(=O)Nc1nnc(C#CC2CC2)s1. The van der Waals surface area contributed by atoms with E-state index >= 15 is 0 Å². The van der Waals surface area contributed by atoms with E-state index in [9.17, 15) is 18.7 Å². The number of halogens is 2. The fraction of sp³-hybridized carbons (Fsp3) is 0.444. The van der Waals surface area contributed by atoms with Crippen molar-refractivity contribution < 1.29 is 23.4 Å². The Balaban J connectivity index is 1.32. The molecule has 2 aliphatic carbocycles. The first-order valence-corrected chi connectivity index (χ1v) is 13.4. The summed E-state index contributed by atoms with van der Waals surface area (Å²) in [5.41, 5.74) is -0.192. The van der Waals surface area contributed by atoms with Crippen LogP contribution in [0.3, 0.4) is 0 Å². The van der Waals surface area contributed by atoms with E-state index in [4.69, 9.17) is 4.74 Å². The zero-order valence-electron chi connectivity index (χ0n) is 21.4. The molecule has 1 amide bonds. The van der Waals surface area contributed by atoms with E-state index in [1.807, 2.05) is 6.92 Å². The molecule has 4 heterocycles. The summed E-state index contributed by atoms with van der Waals surface area (Å²) in [6.07, 6.45) is 3.47. The molecule has 1 spiro atoms. The van der Waals surface area contributed by atoms with Crippen LogP contribution in [0.2, 0.25) is 0 Å². The maximum Gasteiger partial charge on any atom is 0.280 e. The number of hydrogen-bond acceptors (Lipinski definition) is 9. The zero-order valence-corrected chi connectivity index (χ0v) is 22.2. The number of alkyl halides is 2. The summed E-state index contributed by atoms with van der Waals surface area (Å²) in [4.78, 5) is 23.8. The minimum absolute atomic E-state index is 0.0521. The van der Waals surface area contributed by atoms with E-state index in [1.165, 1.54) is 25.6 Å². The molecule has 3 aliphatic rings. The second-order valence-electron chi connectivity index (χ2n) is 10.8. The number of aliphatic hydroxyl groups is 1. The van der Waals surface area contributed by atoms with Crippen LogP contribution in [0.1, 0.15) is 60.1 Å². The second kappa shape index (κ2) is 9.50. The fourth-order valence-electron chi connectivity index (χ4n) is 5.57. The molecule has 0 aromatic carbocycles. The lowest BCUT2D eigenvalue weighted by atomic mass is 9.56. The summed E-state index contributed by atoms with van der Waals surface area (Å²) in [7, 11) is 1.41. The lowest BCUT2D eigenvalue weighted by Crippen LogP contribution is -2.67. The Bertz CT molecular complexity index is 1490. The highest BCUT2D eigenvalue weighted by Gasteiger charge is 2.57. The fourth-order valence-corrected chi connectivity index (χ4v) is 6.17. The number of pyridine rings is 2. The Hall–Kier alpha value is -3.69. The van der Waals surface area contributed by atoms with Crippen LogP contribution >= 0.6 is 11.3 Å². The number of anilines is 2. The molecule has 202 valence electrons. The predicted octanol–water partition coefficient (Wildman–Crippen LogP) is 4.31. The number of nitrogens with one attached hydrogen (secondary N) is 1. The normalized spacial score (nSPS) is 18.7. The molecule has 3 aromatic rings. The largest absolute Gasteiger partial charge is 0.494 e. The van der Waals surface area contributed by atoms with Crippen molar-refractivity contribution in [2.24, 2.45) is 11.3 Å². The van der Waals surface area contributed by atoms with Crippen molar-refractivity contribution in [3.8, 4) is 28.7 Å². The van der Waals surface area contributed by atoms with E-state index in [0.29, 0.717) is 53.8 Å². The Morgan fingerprint density at radius 3 is 2.64 bits per heavy atom. The van der Waals surface area contributed by atoms with Gasteiger partial charge in [0, 0.05) is 41.7 Å². The van der Waals surface area contributed by atoms with E-state index < -0.39 is 23.6 Å². The number of hydrogen-bond donors (Lipinski definition) is 2. The zero-order chi connectivity index (χ0) is 27.4. The third kappa shape index (κ3) is 5.16. The van der Waals surface area contributed by atoms with Crippen LogP contribution in [0.4, 0.5) is 19.7 Å². The van der Waals surface area contributed by atoms with Crippen LogP contribution < -0.4 is 15.0 Å². The standard InChI is InChI=1S/C27H26F2N6O3S/c1-26(37)11-27(12-26)13-35(14-27)21-8-16(17-7-19(23(28)29)30-10-20(17)38-2)18(9-31-21)24(36)32-25-34-33-22(39-25)6-5-15-3-4-15/h7-10,15,23,37H,3-4,11-14H2,1-2H3,(H,32,34,36). The van der Waals surface area contributed by atoms with Gasteiger partial charge in [-0.15, -0.1) is 10.2 Å². The highest BCUT2D eigenvalue weighted by atomic mass is 32.1. The Kier molecular flexibility index (Phi) is 6.23. The van der Waals surface area contributed by atoms with Crippen LogP contribution in [0.15, 0.2) is 24.5 Å². The van der Waals surface area contributed by atoms with Crippen LogP contribution in [0.5, 0.6) is 5.75 Å². The minimum Gasteiger partial charge on any atom is -0.494 e. The summed E-state index contributed by atoms with van der Waals surface area (Å²) in [6.45, 7) is 3.26. The molecule has 1 saturated heterocycles. The molecule has 3 fully saturated rings. The molecular weight excluding hydrogens is 526 g/mol. The second-order valence-corrected chi connectivity index (χ2v) is 11.8. The smallest absolute Gasteiger partial charge is 0.280 e. The molecule has 6 rings (SSSR count). The van der Waals surface area contributed by atoms with Crippen LogP contribution in [0.25, 0.3) is 11.1 Å². The first-order valence-electron chi connectivity index (χ1n) is 12.6. The van der Waals surface area contributed by atoms with Gasteiger partial charge in [-0.25, -0.2) is 13.8 Å². The van der Waals surface area contributed by atoms with Gasteiger partial charge in [-0.3, -0.25) is 15.1 Å². The molecular formula is C27H26F2N6O3S. The van der Waals surface area contributed by atoms with Gasteiger partial charge in [0.2, 0.25) is 5.13 Å². The molecule has 0 unspecified atom stereocenters.